The smallest absolute Gasteiger partial charge is 0.378 e. The molecule has 2 unspecified atom stereocenters. The maximum Gasteiger partial charge on any atom is 0.393 e. The fraction of sp³-hybridized carbons (Fsp3) is 0.500. The second-order valence-electron chi connectivity index (χ2n) is 8.43. The van der Waals surface area contributed by atoms with Crippen molar-refractivity contribution in [2.45, 2.75) is 44.5 Å². The predicted molar refractivity (Wildman–Crippen MR) is 110 cm³/mol. The average Bonchev–Trinajstić information content (AvgIpc) is 2.71. The summed E-state index contributed by atoms with van der Waals surface area (Å²) in [5, 5.41) is 12.7. The molecule has 1 aromatic carbocycles. The molecule has 1 amide bonds. The number of rotatable bonds is 5. The highest BCUT2D eigenvalue weighted by molar-refractivity contribution is 5.95. The van der Waals surface area contributed by atoms with Crippen LogP contribution in [0.1, 0.15) is 32.3 Å². The molecule has 0 radical (unpaired) electrons. The number of piperidine rings is 1. The average molecular weight is 434 g/mol. The number of nitrogens with one attached hydrogen (secondary N) is 1. The van der Waals surface area contributed by atoms with Gasteiger partial charge in [-0.25, -0.2) is 0 Å². The summed E-state index contributed by atoms with van der Waals surface area (Å²) in [6, 6.07) is 8.03. The van der Waals surface area contributed by atoms with Crippen molar-refractivity contribution in [3.8, 4) is 6.07 Å². The summed E-state index contributed by atoms with van der Waals surface area (Å²) in [6.07, 6.45) is -3.00. The molecule has 1 fully saturated rings. The largest absolute Gasteiger partial charge is 0.393 e. The number of hydrogen-bond acceptors (Lipinski definition) is 5. The normalized spacial score (nSPS) is 19.8. The number of hydrogen-bond donors (Lipinski definition) is 1. The molecule has 0 bridgehead atoms. The number of methoxy groups -OCH3 is 1. The van der Waals surface area contributed by atoms with Crippen molar-refractivity contribution >= 4 is 22.5 Å². The van der Waals surface area contributed by atoms with Crippen molar-refractivity contribution in [1.82, 2.24) is 10.3 Å². The highest BCUT2D eigenvalue weighted by Gasteiger charge is 2.45. The van der Waals surface area contributed by atoms with Gasteiger partial charge >= 0.3 is 6.18 Å². The molecular weight excluding hydrogens is 409 g/mol. The molecule has 1 aliphatic rings. The molecule has 2 atom stereocenters. The minimum atomic E-state index is -4.39. The van der Waals surface area contributed by atoms with Gasteiger partial charge in [0.1, 0.15) is 6.07 Å². The number of carbonyl (C=O) groups is 1. The number of nitrogens with zero attached hydrogens (tertiary/aromatic N) is 3. The zero-order valence-electron chi connectivity index (χ0n) is 17.7. The fourth-order valence-electron chi connectivity index (χ4n) is 3.90. The molecule has 0 aliphatic carbocycles. The van der Waals surface area contributed by atoms with E-state index in [9.17, 15) is 23.2 Å². The van der Waals surface area contributed by atoms with Crippen LogP contribution in [-0.4, -0.2) is 48.9 Å². The number of carbonyl (C=O) groups excluding carboxylic acids is 1. The van der Waals surface area contributed by atoms with Crippen LogP contribution in [0, 0.1) is 17.2 Å². The first-order valence-corrected chi connectivity index (χ1v) is 9.98. The van der Waals surface area contributed by atoms with Gasteiger partial charge in [-0.1, -0.05) is 0 Å². The highest BCUT2D eigenvalue weighted by Crippen LogP contribution is 2.37. The first-order valence-electron chi connectivity index (χ1n) is 9.98. The quantitative estimate of drug-likeness (QED) is 0.775. The summed E-state index contributed by atoms with van der Waals surface area (Å²) >= 11 is 0. The van der Waals surface area contributed by atoms with Crippen molar-refractivity contribution in [1.29, 1.82) is 5.26 Å². The lowest BCUT2D eigenvalue weighted by atomic mass is 9.92. The van der Waals surface area contributed by atoms with E-state index >= 15 is 0 Å². The molecule has 6 nitrogen and oxygen atoms in total. The van der Waals surface area contributed by atoms with E-state index in [1.807, 2.05) is 0 Å². The first kappa shape index (κ1) is 22.8. The molecule has 0 saturated carbocycles. The number of pyridine rings is 1. The van der Waals surface area contributed by atoms with Crippen LogP contribution in [-0.2, 0) is 9.53 Å². The Morgan fingerprint density at radius 3 is 2.71 bits per heavy atom. The van der Waals surface area contributed by atoms with Gasteiger partial charge in [-0.3, -0.25) is 9.78 Å². The third-order valence-electron chi connectivity index (χ3n) is 5.63. The van der Waals surface area contributed by atoms with Gasteiger partial charge in [0.05, 0.1) is 29.0 Å². The van der Waals surface area contributed by atoms with Gasteiger partial charge < -0.3 is 15.0 Å². The van der Waals surface area contributed by atoms with Crippen molar-refractivity contribution in [3.05, 3.63) is 36.0 Å². The van der Waals surface area contributed by atoms with E-state index in [0.29, 0.717) is 22.2 Å². The van der Waals surface area contributed by atoms with Crippen LogP contribution >= 0.6 is 0 Å². The van der Waals surface area contributed by atoms with E-state index in [0.717, 1.165) is 0 Å². The predicted octanol–water partition coefficient (Wildman–Crippen LogP) is 3.79. The van der Waals surface area contributed by atoms with Gasteiger partial charge in [0, 0.05) is 43.5 Å². The maximum atomic E-state index is 13.7. The Labute approximate surface area is 179 Å². The van der Waals surface area contributed by atoms with Crippen LogP contribution in [0.2, 0.25) is 0 Å². The fourth-order valence-corrected chi connectivity index (χ4v) is 3.90. The lowest BCUT2D eigenvalue weighted by Crippen LogP contribution is -2.54. The van der Waals surface area contributed by atoms with Crippen molar-refractivity contribution < 1.29 is 22.7 Å². The van der Waals surface area contributed by atoms with Crippen molar-refractivity contribution in [2.24, 2.45) is 5.92 Å². The minimum Gasteiger partial charge on any atom is -0.378 e. The molecule has 3 rings (SSSR count). The van der Waals surface area contributed by atoms with E-state index in [2.05, 4.69) is 16.4 Å². The number of anilines is 1. The summed E-state index contributed by atoms with van der Waals surface area (Å²) in [7, 11) is 1.49. The molecule has 9 heteroatoms. The van der Waals surface area contributed by atoms with Gasteiger partial charge in [-0.15, -0.1) is 0 Å². The number of fused-ring (bicyclic) bond motifs is 1. The Hall–Kier alpha value is -2.86. The van der Waals surface area contributed by atoms with Crippen molar-refractivity contribution in [3.63, 3.8) is 0 Å². The molecule has 31 heavy (non-hydrogen) atoms. The van der Waals surface area contributed by atoms with E-state index in [1.54, 1.807) is 49.2 Å². The van der Waals surface area contributed by atoms with Gasteiger partial charge in [0.15, 0.2) is 0 Å². The summed E-state index contributed by atoms with van der Waals surface area (Å²) in [4.78, 5) is 18.3. The number of amides is 1. The zero-order chi connectivity index (χ0) is 22.8. The highest BCUT2D eigenvalue weighted by atomic mass is 19.4. The van der Waals surface area contributed by atoms with Crippen molar-refractivity contribution in [2.75, 3.05) is 25.1 Å². The van der Waals surface area contributed by atoms with Gasteiger partial charge in [0.25, 0.3) is 0 Å². The van der Waals surface area contributed by atoms with Crippen LogP contribution in [0.25, 0.3) is 10.9 Å². The third-order valence-corrected chi connectivity index (χ3v) is 5.63. The maximum absolute atomic E-state index is 13.7. The van der Waals surface area contributed by atoms with E-state index in [1.165, 1.54) is 7.11 Å². The number of halogens is 3. The van der Waals surface area contributed by atoms with Crippen LogP contribution in [0.15, 0.2) is 30.5 Å². The molecule has 166 valence electrons. The molecule has 1 saturated heterocycles. The minimum absolute atomic E-state index is 0.0421. The Kier molecular flexibility index (Phi) is 6.41. The molecule has 1 N–H and O–H groups in total. The van der Waals surface area contributed by atoms with Crippen LogP contribution in [0.4, 0.5) is 18.9 Å². The summed E-state index contributed by atoms with van der Waals surface area (Å²) in [5.41, 5.74) is 0.651. The third kappa shape index (κ3) is 5.25. The van der Waals surface area contributed by atoms with Gasteiger partial charge in [-0.2, -0.15) is 18.4 Å². The summed E-state index contributed by atoms with van der Waals surface area (Å²) < 4.78 is 46.3. The second kappa shape index (κ2) is 8.71. The standard InChI is InChI=1S/C22H25F3N4O2/c1-21(2,31-3)10-19(30)28-16-9-15(22(23,24)25)12-29(13-16)18-7-6-14(11-26)20-17(18)5-4-8-27-20/h4-8,15-16H,9-10,12-13H2,1-3H3,(H,28,30). The SMILES string of the molecule is COC(C)(C)CC(=O)NC1CC(C(F)(F)F)CN(c2ccc(C#N)c3ncccc23)C1. The number of benzene rings is 1. The second-order valence-corrected chi connectivity index (χ2v) is 8.43. The number of ether oxygens (including phenoxy) is 1. The van der Waals surface area contributed by atoms with Crippen LogP contribution < -0.4 is 10.2 Å². The van der Waals surface area contributed by atoms with E-state index < -0.39 is 23.7 Å². The van der Waals surface area contributed by atoms with Gasteiger partial charge in [-0.05, 0) is 44.5 Å². The molecule has 2 aromatic rings. The molecule has 1 aliphatic heterocycles. The van der Waals surface area contributed by atoms with Crippen LogP contribution in [0.5, 0.6) is 0 Å². The Bertz CT molecular complexity index is 1000. The molecular formula is C22H25F3N4O2. The monoisotopic (exact) mass is 434 g/mol. The zero-order valence-corrected chi connectivity index (χ0v) is 17.7. The van der Waals surface area contributed by atoms with E-state index in [-0.39, 0.29) is 31.8 Å². The number of nitriles is 1. The lowest BCUT2D eigenvalue weighted by Gasteiger charge is -2.40. The lowest BCUT2D eigenvalue weighted by molar-refractivity contribution is -0.178. The van der Waals surface area contributed by atoms with Gasteiger partial charge in [0.2, 0.25) is 5.91 Å². The van der Waals surface area contributed by atoms with E-state index in [4.69, 9.17) is 4.74 Å². The summed E-state index contributed by atoms with van der Waals surface area (Å²) in [5.74, 6) is -1.95. The topological polar surface area (TPSA) is 78.2 Å². The first-order chi connectivity index (χ1) is 14.5. The van der Waals surface area contributed by atoms with Crippen LogP contribution in [0.3, 0.4) is 0 Å². The Balaban J connectivity index is 1.91. The molecule has 2 heterocycles. The molecule has 0 spiro atoms. The number of aromatic nitrogens is 1. The molecule has 1 aromatic heterocycles. The number of alkyl halides is 3. The Morgan fingerprint density at radius 2 is 2.06 bits per heavy atom. The summed E-state index contributed by atoms with van der Waals surface area (Å²) in [6.45, 7) is 3.49. The Morgan fingerprint density at radius 1 is 1.32 bits per heavy atom.